The van der Waals surface area contributed by atoms with E-state index in [0.717, 1.165) is 5.02 Å². The normalized spacial score (nSPS) is 11.7. The van der Waals surface area contributed by atoms with Crippen molar-refractivity contribution in [2.24, 2.45) is 0 Å². The molecule has 0 saturated carbocycles. The lowest BCUT2D eigenvalue weighted by Crippen LogP contribution is -2.24. The summed E-state index contributed by atoms with van der Waals surface area (Å²) in [6, 6.07) is 6.38. The minimum Gasteiger partial charge on any atom is -0.0841 e. The van der Waals surface area contributed by atoms with Crippen LogP contribution < -0.4 is 0 Å². The second-order valence-electron chi connectivity index (χ2n) is 4.23. The first kappa shape index (κ1) is 11.6. The molecule has 0 N–H and O–H groups in total. The molecule has 0 spiro atoms. The number of hydrogen-bond acceptors (Lipinski definition) is 0. The molecule has 1 aromatic rings. The van der Waals surface area contributed by atoms with Crippen LogP contribution in [0.15, 0.2) is 18.2 Å². The SMILES string of the molecule is BC(CC)(CC)c1ccc(Cl)c(C)c1. The van der Waals surface area contributed by atoms with Crippen LogP contribution >= 0.6 is 11.6 Å². The highest BCUT2D eigenvalue weighted by Gasteiger charge is 2.22. The van der Waals surface area contributed by atoms with Gasteiger partial charge in [0.05, 0.1) is 0 Å². The molecule has 0 bridgehead atoms. The average Bonchev–Trinajstić information content (AvgIpc) is 2.21. The van der Waals surface area contributed by atoms with Crippen molar-refractivity contribution in [1.82, 2.24) is 0 Å². The van der Waals surface area contributed by atoms with Crippen molar-refractivity contribution >= 4 is 19.4 Å². The highest BCUT2D eigenvalue weighted by Crippen LogP contribution is 2.30. The van der Waals surface area contributed by atoms with E-state index in [1.54, 1.807) is 0 Å². The summed E-state index contributed by atoms with van der Waals surface area (Å²) in [5, 5.41) is 1.17. The van der Waals surface area contributed by atoms with E-state index in [1.165, 1.54) is 24.0 Å². The van der Waals surface area contributed by atoms with E-state index in [2.05, 4.69) is 40.8 Å². The molecular formula is C12H18BCl. The van der Waals surface area contributed by atoms with E-state index in [-0.39, 0.29) is 0 Å². The van der Waals surface area contributed by atoms with Crippen LogP contribution in [0.3, 0.4) is 0 Å². The fourth-order valence-corrected chi connectivity index (χ4v) is 1.80. The van der Waals surface area contributed by atoms with Gasteiger partial charge in [-0.15, -0.1) is 0 Å². The number of aryl methyl sites for hydroxylation is 1. The van der Waals surface area contributed by atoms with Gasteiger partial charge in [-0.1, -0.05) is 50.4 Å². The van der Waals surface area contributed by atoms with E-state index < -0.39 is 0 Å². The van der Waals surface area contributed by atoms with Crippen LogP contribution in [0.4, 0.5) is 0 Å². The van der Waals surface area contributed by atoms with Gasteiger partial charge < -0.3 is 0 Å². The van der Waals surface area contributed by atoms with Crippen LogP contribution in [0.25, 0.3) is 0 Å². The van der Waals surface area contributed by atoms with Crippen molar-refractivity contribution in [2.45, 2.75) is 38.9 Å². The molecule has 0 radical (unpaired) electrons. The second-order valence-corrected chi connectivity index (χ2v) is 4.64. The van der Waals surface area contributed by atoms with Crippen LogP contribution in [0, 0.1) is 6.92 Å². The maximum atomic E-state index is 6.02. The van der Waals surface area contributed by atoms with Gasteiger partial charge in [-0.3, -0.25) is 0 Å². The molecule has 1 rings (SSSR count). The summed E-state index contributed by atoms with van der Waals surface area (Å²) < 4.78 is 0. The Morgan fingerprint density at radius 3 is 2.29 bits per heavy atom. The predicted molar refractivity (Wildman–Crippen MR) is 67.0 cm³/mol. The highest BCUT2D eigenvalue weighted by atomic mass is 35.5. The van der Waals surface area contributed by atoms with Crippen molar-refractivity contribution in [3.8, 4) is 0 Å². The molecule has 2 heteroatoms. The lowest BCUT2D eigenvalue weighted by atomic mass is 9.61. The first-order valence-corrected chi connectivity index (χ1v) is 5.68. The predicted octanol–water partition coefficient (Wildman–Crippen LogP) is 3.30. The fourth-order valence-electron chi connectivity index (χ4n) is 1.68. The molecule has 0 aromatic heterocycles. The van der Waals surface area contributed by atoms with Gasteiger partial charge in [0.15, 0.2) is 0 Å². The molecule has 0 aliphatic carbocycles. The minimum absolute atomic E-state index is 0.301. The summed E-state index contributed by atoms with van der Waals surface area (Å²) >= 11 is 6.02. The third kappa shape index (κ3) is 2.14. The summed E-state index contributed by atoms with van der Waals surface area (Å²) in [5.41, 5.74) is 2.58. The highest BCUT2D eigenvalue weighted by molar-refractivity contribution is 6.31. The first-order chi connectivity index (χ1) is 6.53. The molecule has 0 unspecified atom stereocenters. The zero-order valence-electron chi connectivity index (χ0n) is 9.52. The summed E-state index contributed by atoms with van der Waals surface area (Å²) in [5.74, 6) is 0. The third-order valence-corrected chi connectivity index (χ3v) is 3.84. The molecule has 76 valence electrons. The van der Waals surface area contributed by atoms with Crippen LogP contribution in [0.2, 0.25) is 5.02 Å². The van der Waals surface area contributed by atoms with Crippen molar-refractivity contribution < 1.29 is 0 Å². The molecule has 0 heterocycles. The van der Waals surface area contributed by atoms with Crippen LogP contribution in [-0.2, 0) is 5.31 Å². The third-order valence-electron chi connectivity index (χ3n) is 3.42. The Labute approximate surface area is 93.1 Å². The maximum absolute atomic E-state index is 6.02. The molecule has 14 heavy (non-hydrogen) atoms. The van der Waals surface area contributed by atoms with Crippen LogP contribution in [0.1, 0.15) is 37.8 Å². The van der Waals surface area contributed by atoms with Gasteiger partial charge in [-0.05, 0) is 29.4 Å². The second kappa shape index (κ2) is 4.40. The maximum Gasteiger partial charge on any atom is 0.115 e. The minimum atomic E-state index is 0.301. The standard InChI is InChI=1S/C12H18BCl/c1-4-12(13,5-2)10-6-7-11(14)9(3)8-10/h6-8H,4-5,13H2,1-3H3. The van der Waals surface area contributed by atoms with Crippen molar-refractivity contribution in [2.75, 3.05) is 0 Å². The van der Waals surface area contributed by atoms with E-state index >= 15 is 0 Å². The quantitative estimate of drug-likeness (QED) is 0.669. The monoisotopic (exact) mass is 208 g/mol. The largest absolute Gasteiger partial charge is 0.115 e. The fraction of sp³-hybridized carbons (Fsp3) is 0.500. The molecule has 0 nitrogen and oxygen atoms in total. The Kier molecular flexibility index (Phi) is 3.66. The molecule has 1 aromatic carbocycles. The Morgan fingerprint density at radius 1 is 1.29 bits per heavy atom. The Balaban J connectivity index is 3.12. The molecule has 0 aliphatic rings. The number of hydrogen-bond donors (Lipinski definition) is 0. The summed E-state index contributed by atoms with van der Waals surface area (Å²) in [4.78, 5) is 0. The van der Waals surface area contributed by atoms with E-state index in [1.807, 2.05) is 6.07 Å². The molecule has 0 saturated heterocycles. The molecule has 0 amide bonds. The van der Waals surface area contributed by atoms with Crippen molar-refractivity contribution in [1.29, 1.82) is 0 Å². The van der Waals surface area contributed by atoms with Gasteiger partial charge in [0.2, 0.25) is 0 Å². The van der Waals surface area contributed by atoms with Gasteiger partial charge in [-0.25, -0.2) is 0 Å². The smallest absolute Gasteiger partial charge is 0.0841 e. The van der Waals surface area contributed by atoms with E-state index in [0.29, 0.717) is 5.31 Å². The molecule has 0 fully saturated rings. The van der Waals surface area contributed by atoms with Gasteiger partial charge >= 0.3 is 0 Å². The summed E-state index contributed by atoms with van der Waals surface area (Å²) in [6.45, 7) is 6.55. The van der Waals surface area contributed by atoms with Crippen molar-refractivity contribution in [3.63, 3.8) is 0 Å². The topological polar surface area (TPSA) is 0 Å². The lowest BCUT2D eigenvalue weighted by Gasteiger charge is -2.28. The van der Waals surface area contributed by atoms with E-state index in [4.69, 9.17) is 11.6 Å². The van der Waals surface area contributed by atoms with Crippen LogP contribution in [-0.4, -0.2) is 7.85 Å². The molecule has 0 aliphatic heterocycles. The molecule has 0 atom stereocenters. The number of halogens is 1. The first-order valence-electron chi connectivity index (χ1n) is 5.30. The van der Waals surface area contributed by atoms with Crippen molar-refractivity contribution in [3.05, 3.63) is 34.3 Å². The zero-order valence-corrected chi connectivity index (χ0v) is 10.3. The van der Waals surface area contributed by atoms with Gasteiger partial charge in [0, 0.05) is 5.02 Å². The number of rotatable bonds is 3. The lowest BCUT2D eigenvalue weighted by molar-refractivity contribution is 0.564. The summed E-state index contributed by atoms with van der Waals surface area (Å²) in [6.07, 6.45) is 2.34. The van der Waals surface area contributed by atoms with Gasteiger partial charge in [-0.2, -0.15) is 0 Å². The Hall–Kier alpha value is -0.425. The van der Waals surface area contributed by atoms with Crippen LogP contribution in [0.5, 0.6) is 0 Å². The Morgan fingerprint density at radius 2 is 1.86 bits per heavy atom. The van der Waals surface area contributed by atoms with E-state index in [9.17, 15) is 0 Å². The van der Waals surface area contributed by atoms with Gasteiger partial charge in [0.25, 0.3) is 0 Å². The Bertz CT molecular complexity index is 316. The molecular weight excluding hydrogens is 190 g/mol. The summed E-state index contributed by atoms with van der Waals surface area (Å²) in [7, 11) is 2.32. The number of benzene rings is 1. The zero-order chi connectivity index (χ0) is 10.8. The van der Waals surface area contributed by atoms with Gasteiger partial charge in [0.1, 0.15) is 7.85 Å². The average molecular weight is 209 g/mol.